The van der Waals surface area contributed by atoms with E-state index in [-0.39, 0.29) is 23.8 Å². The predicted molar refractivity (Wildman–Crippen MR) is 122 cm³/mol. The number of allylic oxidation sites excluding steroid dienone is 2. The van der Waals surface area contributed by atoms with Crippen molar-refractivity contribution in [1.82, 2.24) is 4.90 Å². The molecule has 0 radical (unpaired) electrons. The van der Waals surface area contributed by atoms with E-state index < -0.39 is 6.10 Å². The van der Waals surface area contributed by atoms with Crippen LogP contribution in [-0.4, -0.2) is 59.5 Å². The van der Waals surface area contributed by atoms with E-state index in [4.69, 9.17) is 4.74 Å². The molecule has 2 saturated carbocycles. The van der Waals surface area contributed by atoms with E-state index in [2.05, 4.69) is 24.0 Å². The third-order valence-corrected chi connectivity index (χ3v) is 7.22. The maximum absolute atomic E-state index is 12.3. The number of aliphatic hydroxyl groups is 2. The van der Waals surface area contributed by atoms with Crippen molar-refractivity contribution in [1.29, 1.82) is 0 Å². The third-order valence-electron chi connectivity index (χ3n) is 7.22. The molecule has 1 amide bonds. The molecule has 6 atom stereocenters. The summed E-state index contributed by atoms with van der Waals surface area (Å²) in [5, 5.41) is 20.9. The summed E-state index contributed by atoms with van der Waals surface area (Å²) in [5.74, 6) is 7.37. The van der Waals surface area contributed by atoms with Gasteiger partial charge in [0, 0.05) is 31.8 Å². The van der Waals surface area contributed by atoms with Crippen LogP contribution in [0.15, 0.2) is 23.8 Å². The van der Waals surface area contributed by atoms with Crippen molar-refractivity contribution in [2.75, 3.05) is 26.3 Å². The van der Waals surface area contributed by atoms with Crippen LogP contribution in [0.25, 0.3) is 0 Å². The Morgan fingerprint density at radius 2 is 2.10 bits per heavy atom. The highest BCUT2D eigenvalue weighted by Gasteiger charge is 2.45. The molecule has 3 aliphatic rings. The molecule has 2 aliphatic carbocycles. The lowest BCUT2D eigenvalue weighted by Gasteiger charge is -2.26. The summed E-state index contributed by atoms with van der Waals surface area (Å²) in [5.41, 5.74) is 1.48. The Kier molecular flexibility index (Phi) is 9.19. The maximum Gasteiger partial charge on any atom is 0.222 e. The molecule has 1 aliphatic heterocycles. The lowest BCUT2D eigenvalue weighted by molar-refractivity contribution is -0.135. The number of hydrogen-bond donors (Lipinski definition) is 2. The molecule has 2 N–H and O–H groups in total. The highest BCUT2D eigenvalue weighted by atomic mass is 16.5. The van der Waals surface area contributed by atoms with Gasteiger partial charge in [0.05, 0.1) is 25.4 Å². The summed E-state index contributed by atoms with van der Waals surface area (Å²) in [4.78, 5) is 14.2. The minimum atomic E-state index is -0.521. The highest BCUT2D eigenvalue weighted by molar-refractivity contribution is 5.76. The van der Waals surface area contributed by atoms with Gasteiger partial charge in [-0.05, 0) is 56.8 Å². The van der Waals surface area contributed by atoms with Gasteiger partial charge in [-0.25, -0.2) is 0 Å². The van der Waals surface area contributed by atoms with Crippen LogP contribution in [0.1, 0.15) is 58.8 Å². The smallest absolute Gasteiger partial charge is 0.222 e. The van der Waals surface area contributed by atoms with Crippen molar-refractivity contribution in [2.24, 2.45) is 23.7 Å². The van der Waals surface area contributed by atoms with Gasteiger partial charge >= 0.3 is 0 Å². The first-order valence-corrected chi connectivity index (χ1v) is 12.0. The van der Waals surface area contributed by atoms with Crippen LogP contribution in [-0.2, 0) is 9.53 Å². The van der Waals surface area contributed by atoms with E-state index >= 15 is 0 Å². The van der Waals surface area contributed by atoms with Crippen LogP contribution in [0.3, 0.4) is 0 Å². The van der Waals surface area contributed by atoms with E-state index in [9.17, 15) is 15.0 Å². The molecule has 172 valence electrons. The van der Waals surface area contributed by atoms with E-state index in [1.165, 1.54) is 5.57 Å². The van der Waals surface area contributed by atoms with Crippen molar-refractivity contribution in [3.8, 4) is 11.8 Å². The second-order valence-corrected chi connectivity index (χ2v) is 9.44. The summed E-state index contributed by atoms with van der Waals surface area (Å²) in [7, 11) is 0. The number of amides is 1. The van der Waals surface area contributed by atoms with Crippen LogP contribution >= 0.6 is 0 Å². The number of unbranched alkanes of at least 4 members (excludes halogenated alkanes) is 1. The molecule has 0 spiro atoms. The van der Waals surface area contributed by atoms with E-state index in [1.807, 2.05) is 24.8 Å². The number of aliphatic hydroxyl groups excluding tert-OH is 2. The normalized spacial score (nSPS) is 31.5. The van der Waals surface area contributed by atoms with Crippen molar-refractivity contribution in [3.05, 3.63) is 23.8 Å². The molecule has 1 heterocycles. The van der Waals surface area contributed by atoms with Gasteiger partial charge < -0.3 is 19.8 Å². The molecule has 31 heavy (non-hydrogen) atoms. The number of rotatable bonds is 8. The summed E-state index contributed by atoms with van der Waals surface area (Å²) in [6.45, 7) is 6.58. The lowest BCUT2D eigenvalue weighted by atomic mass is 9.89. The van der Waals surface area contributed by atoms with Crippen molar-refractivity contribution >= 4 is 5.91 Å². The van der Waals surface area contributed by atoms with Gasteiger partial charge in [0.2, 0.25) is 5.91 Å². The fourth-order valence-electron chi connectivity index (χ4n) is 5.29. The van der Waals surface area contributed by atoms with Gasteiger partial charge in [-0.1, -0.05) is 30.7 Å². The minimum Gasteiger partial charge on any atom is -0.392 e. The van der Waals surface area contributed by atoms with Gasteiger partial charge in [0.1, 0.15) is 0 Å². The third kappa shape index (κ3) is 6.68. The Morgan fingerprint density at radius 3 is 2.84 bits per heavy atom. The molecule has 0 aromatic carbocycles. The Labute approximate surface area is 187 Å². The molecule has 3 rings (SSSR count). The monoisotopic (exact) mass is 429 g/mol. The lowest BCUT2D eigenvalue weighted by Crippen LogP contribution is -2.40. The van der Waals surface area contributed by atoms with Crippen LogP contribution in [0.4, 0.5) is 0 Å². The average molecular weight is 430 g/mol. The van der Waals surface area contributed by atoms with Gasteiger partial charge in [-0.2, -0.15) is 0 Å². The molecule has 0 aromatic rings. The minimum absolute atomic E-state index is 0.0947. The van der Waals surface area contributed by atoms with Gasteiger partial charge in [0.15, 0.2) is 0 Å². The fourth-order valence-corrected chi connectivity index (χ4v) is 5.29. The molecule has 0 unspecified atom stereocenters. The van der Waals surface area contributed by atoms with Crippen molar-refractivity contribution < 1.29 is 19.7 Å². The molecular formula is C26H39NO4. The van der Waals surface area contributed by atoms with Crippen molar-refractivity contribution in [2.45, 2.75) is 71.0 Å². The Balaban J connectivity index is 1.45. The number of carbonyl (C=O) groups is 1. The fraction of sp³-hybridized carbons (Fsp3) is 0.731. The summed E-state index contributed by atoms with van der Waals surface area (Å²) >= 11 is 0. The zero-order chi connectivity index (χ0) is 22.2. The number of hydrogen-bond acceptors (Lipinski definition) is 4. The second-order valence-electron chi connectivity index (χ2n) is 9.44. The topological polar surface area (TPSA) is 70.0 Å². The molecule has 1 saturated heterocycles. The van der Waals surface area contributed by atoms with Gasteiger partial charge in [0.25, 0.3) is 0 Å². The first-order valence-electron chi connectivity index (χ1n) is 12.0. The van der Waals surface area contributed by atoms with Crippen LogP contribution < -0.4 is 0 Å². The summed E-state index contributed by atoms with van der Waals surface area (Å²) in [6.07, 6.45) is 11.5. The molecule has 0 aromatic heterocycles. The number of morpholine rings is 1. The Morgan fingerprint density at radius 1 is 1.32 bits per heavy atom. The number of fused-ring (bicyclic) bond motifs is 1. The molecular weight excluding hydrogens is 390 g/mol. The number of carbonyl (C=O) groups excluding carboxylic acids is 1. The van der Waals surface area contributed by atoms with Crippen LogP contribution in [0.5, 0.6) is 0 Å². The molecule has 3 fully saturated rings. The van der Waals surface area contributed by atoms with Gasteiger partial charge in [-0.15, -0.1) is 11.8 Å². The standard InChI is InChI=1S/C26H39NO4/c1-3-4-7-19(2)24(28)11-10-22-23-17-20(16-21(23)18-25(22)29)8-5-6-9-26(30)27-12-14-31-15-13-27/h8,10-11,19,21-25,28-29H,5-7,9,12-18H2,1-2H3/t19-,21+,22-,23+,24-,25-/m1/s1. The first-order chi connectivity index (χ1) is 15.0. The molecule has 5 heteroatoms. The van der Waals surface area contributed by atoms with Gasteiger partial charge in [-0.3, -0.25) is 4.79 Å². The Bertz CT molecular complexity index is 713. The van der Waals surface area contributed by atoms with Crippen molar-refractivity contribution in [3.63, 3.8) is 0 Å². The number of nitrogens with zero attached hydrogens (tertiary/aromatic N) is 1. The highest BCUT2D eigenvalue weighted by Crippen LogP contribution is 2.50. The molecule has 0 bridgehead atoms. The first kappa shape index (κ1) is 24.0. The summed E-state index contributed by atoms with van der Waals surface area (Å²) in [6, 6.07) is 0. The zero-order valence-electron chi connectivity index (χ0n) is 19.1. The van der Waals surface area contributed by atoms with E-state index in [1.54, 1.807) is 0 Å². The predicted octanol–water partition coefficient (Wildman–Crippen LogP) is 3.32. The van der Waals surface area contributed by atoms with Crippen LogP contribution in [0.2, 0.25) is 0 Å². The quantitative estimate of drug-likeness (QED) is 0.353. The SMILES string of the molecule is CC#CC[C@@H](C)[C@H](O)C=C[C@@H]1[C@H]2CC(=CCCCC(=O)N3CCOCC3)C[C@H]2C[C@H]1O. The Hall–Kier alpha value is -1.61. The molecule has 5 nitrogen and oxygen atoms in total. The second kappa shape index (κ2) is 11.9. The van der Waals surface area contributed by atoms with E-state index in [0.29, 0.717) is 37.9 Å². The zero-order valence-corrected chi connectivity index (χ0v) is 19.1. The number of ether oxygens (including phenoxy) is 1. The summed E-state index contributed by atoms with van der Waals surface area (Å²) < 4.78 is 5.31. The van der Waals surface area contributed by atoms with E-state index in [0.717, 1.165) is 45.2 Å². The average Bonchev–Trinajstić information content (AvgIpc) is 3.30. The maximum atomic E-state index is 12.3. The van der Waals surface area contributed by atoms with Crippen LogP contribution in [0, 0.1) is 35.5 Å². The largest absolute Gasteiger partial charge is 0.392 e.